The van der Waals surface area contributed by atoms with Crippen molar-refractivity contribution in [2.45, 2.75) is 0 Å². The van der Waals surface area contributed by atoms with Gasteiger partial charge in [0.1, 0.15) is 11.2 Å². The first kappa shape index (κ1) is 33.6. The van der Waals surface area contributed by atoms with Crippen LogP contribution < -0.4 is 4.90 Å². The molecule has 2 nitrogen and oxygen atoms in total. The summed E-state index contributed by atoms with van der Waals surface area (Å²) in [7, 11) is 0. The first-order chi connectivity index (χ1) is 28.8. The Kier molecular flexibility index (Phi) is 8.19. The SMILES string of the molecule is c1ccc(-c2cccc(-c3ccccc3N(c3ccccc3-c3ccccc3)c3ccc(-c4cc5ccccc5c5ccccc45)c4oc5ccccc5c34)c2)cc1. The number of hydrogen-bond donors (Lipinski definition) is 0. The molecule has 0 saturated heterocycles. The predicted molar refractivity (Wildman–Crippen MR) is 245 cm³/mol. The molecule has 10 aromatic carbocycles. The maximum atomic E-state index is 7.03. The van der Waals surface area contributed by atoms with E-state index in [-0.39, 0.29) is 0 Å². The van der Waals surface area contributed by atoms with Crippen molar-refractivity contribution in [1.29, 1.82) is 0 Å². The fraction of sp³-hybridized carbons (Fsp3) is 0. The van der Waals surface area contributed by atoms with Crippen LogP contribution in [-0.4, -0.2) is 0 Å². The van der Waals surface area contributed by atoms with Gasteiger partial charge < -0.3 is 9.32 Å². The van der Waals surface area contributed by atoms with Crippen LogP contribution in [0.4, 0.5) is 17.1 Å². The topological polar surface area (TPSA) is 16.4 Å². The van der Waals surface area contributed by atoms with E-state index >= 15 is 0 Å². The van der Waals surface area contributed by atoms with Crippen LogP contribution in [0.5, 0.6) is 0 Å². The average Bonchev–Trinajstić information content (AvgIpc) is 3.70. The highest BCUT2D eigenvalue weighted by molar-refractivity contribution is 6.21. The molecular formula is C56H37NO. The maximum absolute atomic E-state index is 7.03. The van der Waals surface area contributed by atoms with Gasteiger partial charge in [-0.15, -0.1) is 0 Å². The number of anilines is 3. The average molecular weight is 740 g/mol. The number of hydrogen-bond acceptors (Lipinski definition) is 2. The molecule has 0 N–H and O–H groups in total. The summed E-state index contributed by atoms with van der Waals surface area (Å²) in [6, 6.07) is 80.6. The van der Waals surface area contributed by atoms with Gasteiger partial charge in [0.15, 0.2) is 0 Å². The Bertz CT molecular complexity index is 3290. The first-order valence-electron chi connectivity index (χ1n) is 19.8. The standard InChI is InChI=1S/C56H37NO/c1-3-18-38(19-4-1)40-23-17-24-41(36-40)45-27-12-15-32-52(45)57(51-31-14-11-26-44(51)39-20-5-2-6-21-39)53-35-34-48(56-55(53)49-30-13-16-33-54(49)58-56)50-37-42-22-7-8-25-43(42)46-28-9-10-29-47(46)50/h1-37H. The molecule has 0 atom stereocenters. The molecule has 11 rings (SSSR count). The van der Waals surface area contributed by atoms with E-state index in [0.29, 0.717) is 0 Å². The van der Waals surface area contributed by atoms with Gasteiger partial charge in [0.2, 0.25) is 0 Å². The second-order valence-corrected chi connectivity index (χ2v) is 14.8. The molecule has 11 aromatic rings. The van der Waals surface area contributed by atoms with E-state index in [4.69, 9.17) is 4.42 Å². The normalized spacial score (nSPS) is 11.4. The van der Waals surface area contributed by atoms with E-state index in [2.05, 4.69) is 229 Å². The number of furan rings is 1. The Labute approximate surface area is 337 Å². The Morgan fingerprint density at radius 3 is 1.60 bits per heavy atom. The van der Waals surface area contributed by atoms with Crippen molar-refractivity contribution in [1.82, 2.24) is 0 Å². The zero-order chi connectivity index (χ0) is 38.4. The lowest BCUT2D eigenvalue weighted by Crippen LogP contribution is -2.13. The summed E-state index contributed by atoms with van der Waals surface area (Å²) in [4.78, 5) is 2.46. The Morgan fingerprint density at radius 2 is 0.845 bits per heavy atom. The third-order valence-corrected chi connectivity index (χ3v) is 11.5. The Balaban J connectivity index is 1.22. The van der Waals surface area contributed by atoms with E-state index in [1.54, 1.807) is 0 Å². The third kappa shape index (κ3) is 5.66. The van der Waals surface area contributed by atoms with E-state index in [1.165, 1.54) is 32.7 Å². The molecule has 0 unspecified atom stereocenters. The predicted octanol–water partition coefficient (Wildman–Crippen LogP) is 16.0. The summed E-state index contributed by atoms with van der Waals surface area (Å²) in [5.74, 6) is 0. The molecule has 2 heteroatoms. The highest BCUT2D eigenvalue weighted by Gasteiger charge is 2.26. The third-order valence-electron chi connectivity index (χ3n) is 11.5. The van der Waals surface area contributed by atoms with Crippen LogP contribution >= 0.6 is 0 Å². The Morgan fingerprint density at radius 1 is 0.293 bits per heavy atom. The number of benzene rings is 10. The summed E-state index contributed by atoms with van der Waals surface area (Å²) in [6.45, 7) is 0. The molecule has 1 aromatic heterocycles. The van der Waals surface area contributed by atoms with E-state index in [0.717, 1.165) is 72.4 Å². The highest BCUT2D eigenvalue weighted by Crippen LogP contribution is 2.51. The van der Waals surface area contributed by atoms with Gasteiger partial charge >= 0.3 is 0 Å². The largest absolute Gasteiger partial charge is 0.455 e. The number of nitrogens with zero attached hydrogens (tertiary/aromatic N) is 1. The minimum atomic E-state index is 0.858. The molecule has 0 spiro atoms. The summed E-state index contributed by atoms with van der Waals surface area (Å²) < 4.78 is 7.03. The van der Waals surface area contributed by atoms with Gasteiger partial charge in [-0.2, -0.15) is 0 Å². The molecule has 0 aliphatic rings. The molecule has 0 saturated carbocycles. The highest BCUT2D eigenvalue weighted by atomic mass is 16.3. The summed E-state index contributed by atoms with van der Waals surface area (Å²) >= 11 is 0. The molecule has 0 radical (unpaired) electrons. The van der Waals surface area contributed by atoms with Crippen molar-refractivity contribution in [2.24, 2.45) is 0 Å². The van der Waals surface area contributed by atoms with Crippen molar-refractivity contribution in [3.05, 3.63) is 224 Å². The van der Waals surface area contributed by atoms with Crippen molar-refractivity contribution in [2.75, 3.05) is 4.90 Å². The quantitative estimate of drug-likeness (QED) is 0.151. The van der Waals surface area contributed by atoms with E-state index in [1.807, 2.05) is 0 Å². The van der Waals surface area contributed by atoms with Gasteiger partial charge in [-0.25, -0.2) is 0 Å². The zero-order valence-electron chi connectivity index (χ0n) is 31.7. The Hall–Kier alpha value is -7.68. The minimum Gasteiger partial charge on any atom is -0.455 e. The molecule has 0 aliphatic heterocycles. The maximum Gasteiger partial charge on any atom is 0.145 e. The summed E-state index contributed by atoms with van der Waals surface area (Å²) in [6.07, 6.45) is 0. The van der Waals surface area contributed by atoms with Gasteiger partial charge in [-0.05, 0) is 91.8 Å². The van der Waals surface area contributed by atoms with E-state index in [9.17, 15) is 0 Å². The lowest BCUT2D eigenvalue weighted by molar-refractivity contribution is 0.670. The molecular weight excluding hydrogens is 703 g/mol. The smallest absolute Gasteiger partial charge is 0.145 e. The van der Waals surface area contributed by atoms with Crippen LogP contribution in [0, 0.1) is 0 Å². The zero-order valence-corrected chi connectivity index (χ0v) is 31.7. The van der Waals surface area contributed by atoms with Crippen molar-refractivity contribution in [3.63, 3.8) is 0 Å². The molecule has 0 fully saturated rings. The molecule has 0 amide bonds. The lowest BCUT2D eigenvalue weighted by atomic mass is 9.91. The molecule has 1 heterocycles. The molecule has 58 heavy (non-hydrogen) atoms. The monoisotopic (exact) mass is 739 g/mol. The second-order valence-electron chi connectivity index (χ2n) is 14.8. The molecule has 272 valence electrons. The van der Waals surface area contributed by atoms with Crippen LogP contribution in [0.1, 0.15) is 0 Å². The summed E-state index contributed by atoms with van der Waals surface area (Å²) in [5.41, 5.74) is 14.1. The van der Waals surface area contributed by atoms with Crippen LogP contribution in [0.2, 0.25) is 0 Å². The van der Waals surface area contributed by atoms with Crippen molar-refractivity contribution >= 4 is 60.5 Å². The van der Waals surface area contributed by atoms with E-state index < -0.39 is 0 Å². The second kappa shape index (κ2) is 14.1. The number of rotatable bonds is 7. The fourth-order valence-electron chi connectivity index (χ4n) is 8.82. The van der Waals surface area contributed by atoms with Crippen LogP contribution in [0.15, 0.2) is 229 Å². The fourth-order valence-corrected chi connectivity index (χ4v) is 8.82. The lowest BCUT2D eigenvalue weighted by Gasteiger charge is -2.31. The van der Waals surface area contributed by atoms with Crippen LogP contribution in [0.25, 0.3) is 88.0 Å². The van der Waals surface area contributed by atoms with Gasteiger partial charge in [-0.1, -0.05) is 182 Å². The minimum absolute atomic E-state index is 0.858. The number of fused-ring (bicyclic) bond motifs is 6. The number of para-hydroxylation sites is 3. The van der Waals surface area contributed by atoms with Crippen molar-refractivity contribution < 1.29 is 4.42 Å². The van der Waals surface area contributed by atoms with Gasteiger partial charge in [0.05, 0.1) is 22.4 Å². The van der Waals surface area contributed by atoms with Gasteiger partial charge in [0.25, 0.3) is 0 Å². The van der Waals surface area contributed by atoms with Gasteiger partial charge in [0, 0.05) is 22.1 Å². The summed E-state index contributed by atoms with van der Waals surface area (Å²) in [5, 5.41) is 7.02. The van der Waals surface area contributed by atoms with Crippen LogP contribution in [-0.2, 0) is 0 Å². The first-order valence-corrected chi connectivity index (χ1v) is 19.8. The molecule has 0 aliphatic carbocycles. The van der Waals surface area contributed by atoms with Crippen molar-refractivity contribution in [3.8, 4) is 44.5 Å². The molecule has 0 bridgehead atoms. The van der Waals surface area contributed by atoms with Crippen LogP contribution in [0.3, 0.4) is 0 Å². The van der Waals surface area contributed by atoms with Gasteiger partial charge in [-0.3, -0.25) is 0 Å².